The molecule has 0 amide bonds. The Labute approximate surface area is 130 Å². The minimum atomic E-state index is -0.704. The zero-order valence-electron chi connectivity index (χ0n) is 13.4. The summed E-state index contributed by atoms with van der Waals surface area (Å²) in [5.74, 6) is -0.408. The maximum atomic E-state index is 13.4. The highest BCUT2D eigenvalue weighted by molar-refractivity contribution is 6.55. The maximum Gasteiger partial charge on any atom is 0.492 e. The number of hydrogen-bond acceptors (Lipinski definition) is 4. The highest BCUT2D eigenvalue weighted by Gasteiger charge is 2.52. The Balaban J connectivity index is 2.35. The van der Waals surface area contributed by atoms with Crippen molar-refractivity contribution >= 4 is 13.2 Å². The van der Waals surface area contributed by atoms with Gasteiger partial charge < -0.3 is 19.5 Å². The molecule has 6 heteroatoms. The summed E-state index contributed by atoms with van der Waals surface area (Å²) in [6.45, 7) is 7.19. The van der Waals surface area contributed by atoms with E-state index >= 15 is 0 Å². The van der Waals surface area contributed by atoms with Crippen molar-refractivity contribution in [3.63, 3.8) is 0 Å². The molecule has 1 aromatic rings. The second kappa shape index (κ2) is 6.12. The molecule has 0 aliphatic carbocycles. The van der Waals surface area contributed by atoms with Gasteiger partial charge in [0.05, 0.1) is 24.4 Å². The summed E-state index contributed by atoms with van der Waals surface area (Å²) in [6, 6.07) is 4.11. The Morgan fingerprint density at radius 3 is 2.27 bits per heavy atom. The van der Waals surface area contributed by atoms with E-state index in [1.54, 1.807) is 6.08 Å². The normalized spacial score (nSPS) is 20.5. The van der Waals surface area contributed by atoms with Crippen molar-refractivity contribution in [1.82, 2.24) is 0 Å². The van der Waals surface area contributed by atoms with Crippen LogP contribution in [0.5, 0.6) is 0 Å². The molecule has 0 atom stereocenters. The number of aliphatic hydroxyl groups excluding tert-OH is 2. The number of rotatable bonds is 4. The Bertz CT molecular complexity index is 568. The van der Waals surface area contributed by atoms with Gasteiger partial charge in [-0.1, -0.05) is 12.1 Å². The lowest BCUT2D eigenvalue weighted by molar-refractivity contribution is 0.00578. The standard InChI is InChI=1S/C16H22BFO4/c1-15(2)16(3,4)22-17(21-15)13(10-20)7-12-8-14(18)6-5-11(12)9-19/h5-8,19-20H,9-10H2,1-4H3. The van der Waals surface area contributed by atoms with Gasteiger partial charge in [-0.3, -0.25) is 0 Å². The number of halogens is 1. The summed E-state index contributed by atoms with van der Waals surface area (Å²) in [6.07, 6.45) is 1.61. The zero-order valence-corrected chi connectivity index (χ0v) is 13.4. The quantitative estimate of drug-likeness (QED) is 0.838. The summed E-state index contributed by atoms with van der Waals surface area (Å²) in [5.41, 5.74) is 0.519. The third-order valence-electron chi connectivity index (χ3n) is 4.36. The van der Waals surface area contributed by atoms with Gasteiger partial charge in [0, 0.05) is 0 Å². The first kappa shape index (κ1) is 17.2. The lowest BCUT2D eigenvalue weighted by Crippen LogP contribution is -2.41. The SMILES string of the molecule is CC1(C)OB(C(=Cc2cc(F)ccc2CO)CO)OC1(C)C. The molecule has 0 aromatic heterocycles. The van der Waals surface area contributed by atoms with E-state index in [0.717, 1.165) is 0 Å². The molecule has 2 N–H and O–H groups in total. The minimum absolute atomic E-state index is 0.214. The largest absolute Gasteiger partial charge is 0.492 e. The lowest BCUT2D eigenvalue weighted by Gasteiger charge is -2.32. The van der Waals surface area contributed by atoms with E-state index in [1.165, 1.54) is 18.2 Å². The van der Waals surface area contributed by atoms with Gasteiger partial charge in [-0.15, -0.1) is 0 Å². The fourth-order valence-electron chi connectivity index (χ4n) is 2.23. The van der Waals surface area contributed by atoms with Gasteiger partial charge >= 0.3 is 7.12 Å². The van der Waals surface area contributed by atoms with Crippen molar-refractivity contribution in [2.24, 2.45) is 0 Å². The van der Waals surface area contributed by atoms with Crippen LogP contribution in [0.25, 0.3) is 6.08 Å². The lowest BCUT2D eigenvalue weighted by atomic mass is 9.77. The van der Waals surface area contributed by atoms with Crippen molar-refractivity contribution in [3.05, 3.63) is 40.6 Å². The molecule has 22 heavy (non-hydrogen) atoms. The van der Waals surface area contributed by atoms with Gasteiger partial charge in [0.1, 0.15) is 5.82 Å². The third kappa shape index (κ3) is 3.25. The Morgan fingerprint density at radius 1 is 1.18 bits per heavy atom. The van der Waals surface area contributed by atoms with Crippen LogP contribution in [0.15, 0.2) is 23.7 Å². The van der Waals surface area contributed by atoms with Crippen LogP contribution in [-0.2, 0) is 15.9 Å². The van der Waals surface area contributed by atoms with E-state index in [9.17, 15) is 14.6 Å². The van der Waals surface area contributed by atoms with Crippen LogP contribution in [0.4, 0.5) is 4.39 Å². The zero-order chi connectivity index (χ0) is 16.5. The summed E-state index contributed by atoms with van der Waals surface area (Å²) in [5, 5.41) is 19.0. The van der Waals surface area contributed by atoms with Gasteiger partial charge in [-0.05, 0) is 56.4 Å². The maximum absolute atomic E-state index is 13.4. The predicted octanol–water partition coefficient (Wildman–Crippen LogP) is 2.33. The van der Waals surface area contributed by atoms with Crippen LogP contribution in [-0.4, -0.2) is 35.1 Å². The van der Waals surface area contributed by atoms with Gasteiger partial charge in [0.15, 0.2) is 0 Å². The van der Waals surface area contributed by atoms with Crippen molar-refractivity contribution < 1.29 is 23.9 Å². The monoisotopic (exact) mass is 308 g/mol. The molecule has 0 bridgehead atoms. The third-order valence-corrected chi connectivity index (χ3v) is 4.36. The molecule has 2 rings (SSSR count). The molecular formula is C16H22BFO4. The molecule has 120 valence electrons. The highest BCUT2D eigenvalue weighted by Crippen LogP contribution is 2.38. The van der Waals surface area contributed by atoms with Gasteiger partial charge in [0.2, 0.25) is 0 Å². The van der Waals surface area contributed by atoms with Crippen LogP contribution >= 0.6 is 0 Å². The fraction of sp³-hybridized carbons (Fsp3) is 0.500. The topological polar surface area (TPSA) is 58.9 Å². The molecule has 0 saturated carbocycles. The molecule has 1 aliphatic rings. The first-order valence-corrected chi connectivity index (χ1v) is 7.26. The molecule has 0 unspecified atom stereocenters. The first-order valence-electron chi connectivity index (χ1n) is 7.26. The van der Waals surface area contributed by atoms with Crippen LogP contribution in [0, 0.1) is 5.82 Å². The van der Waals surface area contributed by atoms with E-state index < -0.39 is 24.1 Å². The van der Waals surface area contributed by atoms with Gasteiger partial charge in [-0.2, -0.15) is 0 Å². The minimum Gasteiger partial charge on any atom is -0.400 e. The molecule has 0 radical (unpaired) electrons. The van der Waals surface area contributed by atoms with Crippen molar-refractivity contribution in [2.75, 3.05) is 6.61 Å². The Hall–Kier alpha value is -1.21. The molecule has 1 aromatic carbocycles. The smallest absolute Gasteiger partial charge is 0.400 e. The van der Waals surface area contributed by atoms with Gasteiger partial charge in [0.25, 0.3) is 0 Å². The predicted molar refractivity (Wildman–Crippen MR) is 83.5 cm³/mol. The molecule has 1 saturated heterocycles. The van der Waals surface area contributed by atoms with Crippen molar-refractivity contribution in [3.8, 4) is 0 Å². The van der Waals surface area contributed by atoms with E-state index in [0.29, 0.717) is 16.6 Å². The Kier molecular flexibility index (Phi) is 4.77. The van der Waals surface area contributed by atoms with E-state index in [-0.39, 0.29) is 13.2 Å². The fourth-order valence-corrected chi connectivity index (χ4v) is 2.23. The second-order valence-electron chi connectivity index (χ2n) is 6.47. The number of benzene rings is 1. The molecule has 1 fully saturated rings. The molecule has 1 heterocycles. The second-order valence-corrected chi connectivity index (χ2v) is 6.47. The average Bonchev–Trinajstić information content (AvgIpc) is 2.64. The van der Waals surface area contributed by atoms with Crippen molar-refractivity contribution in [2.45, 2.75) is 45.5 Å². The number of aliphatic hydroxyl groups is 2. The average molecular weight is 308 g/mol. The van der Waals surface area contributed by atoms with E-state index in [4.69, 9.17) is 9.31 Å². The summed E-state index contributed by atoms with van der Waals surface area (Å²) in [7, 11) is -0.704. The summed E-state index contributed by atoms with van der Waals surface area (Å²) < 4.78 is 25.2. The van der Waals surface area contributed by atoms with Crippen LogP contribution in [0.1, 0.15) is 38.8 Å². The Morgan fingerprint density at radius 2 is 1.77 bits per heavy atom. The van der Waals surface area contributed by atoms with Crippen LogP contribution in [0.3, 0.4) is 0 Å². The van der Waals surface area contributed by atoms with Crippen LogP contribution < -0.4 is 0 Å². The number of hydrogen-bond donors (Lipinski definition) is 2. The van der Waals surface area contributed by atoms with Gasteiger partial charge in [-0.25, -0.2) is 4.39 Å². The molecule has 4 nitrogen and oxygen atoms in total. The van der Waals surface area contributed by atoms with E-state index in [2.05, 4.69) is 0 Å². The van der Waals surface area contributed by atoms with Crippen molar-refractivity contribution in [1.29, 1.82) is 0 Å². The highest BCUT2D eigenvalue weighted by atomic mass is 19.1. The molecular weight excluding hydrogens is 286 g/mol. The molecule has 1 aliphatic heterocycles. The van der Waals surface area contributed by atoms with E-state index in [1.807, 2.05) is 27.7 Å². The molecule has 0 spiro atoms. The summed E-state index contributed by atoms with van der Waals surface area (Å²) >= 11 is 0. The summed E-state index contributed by atoms with van der Waals surface area (Å²) in [4.78, 5) is 0. The van der Waals surface area contributed by atoms with Crippen LogP contribution in [0.2, 0.25) is 0 Å². The first-order chi connectivity index (χ1) is 10.2.